The van der Waals surface area contributed by atoms with Crippen LogP contribution in [0.1, 0.15) is 38.8 Å². The Morgan fingerprint density at radius 3 is 1.56 bits per heavy atom. The fraction of sp³-hybridized carbons (Fsp3) is 0.125. The van der Waals surface area contributed by atoms with Crippen LogP contribution in [0.5, 0.6) is 0 Å². The zero-order chi connectivity index (χ0) is 34.0. The Morgan fingerprint density at radius 1 is 0.420 bits per heavy atom. The van der Waals surface area contributed by atoms with Crippen molar-refractivity contribution in [2.45, 2.75) is 38.5 Å². The molecule has 9 rings (SSSR count). The number of hydrogen-bond donors (Lipinski definition) is 0. The highest BCUT2D eigenvalue weighted by atomic mass is 16.3. The Hall–Kier alpha value is -5.86. The van der Waals surface area contributed by atoms with E-state index in [2.05, 4.69) is 184 Å². The van der Waals surface area contributed by atoms with Crippen LogP contribution in [-0.2, 0) is 10.8 Å². The van der Waals surface area contributed by atoms with Gasteiger partial charge in [-0.1, -0.05) is 143 Å². The fourth-order valence-corrected chi connectivity index (χ4v) is 8.00. The van der Waals surface area contributed by atoms with Crippen LogP contribution in [-0.4, -0.2) is 0 Å². The summed E-state index contributed by atoms with van der Waals surface area (Å²) in [7, 11) is 0. The zero-order valence-corrected chi connectivity index (χ0v) is 28.9. The summed E-state index contributed by atoms with van der Waals surface area (Å²) < 4.78 is 6.51. The molecule has 1 heterocycles. The number of nitrogens with zero attached hydrogens (tertiary/aromatic N) is 1. The van der Waals surface area contributed by atoms with Crippen molar-refractivity contribution >= 4 is 39.0 Å². The summed E-state index contributed by atoms with van der Waals surface area (Å²) in [5.74, 6) is 0. The van der Waals surface area contributed by atoms with Crippen LogP contribution in [0.2, 0.25) is 0 Å². The first-order valence-corrected chi connectivity index (χ1v) is 17.5. The number of benzene rings is 7. The number of para-hydroxylation sites is 3. The predicted octanol–water partition coefficient (Wildman–Crippen LogP) is 13.6. The van der Waals surface area contributed by atoms with Gasteiger partial charge in [0, 0.05) is 22.1 Å². The first-order chi connectivity index (χ1) is 24.3. The molecular weight excluding hydrogens is 607 g/mol. The monoisotopic (exact) mass is 645 g/mol. The highest BCUT2D eigenvalue weighted by molar-refractivity contribution is 6.10. The molecule has 0 bridgehead atoms. The van der Waals surface area contributed by atoms with Gasteiger partial charge in [-0.05, 0) is 104 Å². The molecule has 0 N–H and O–H groups in total. The maximum Gasteiger partial charge on any atom is 0.159 e. The Bertz CT molecular complexity index is 2520. The Labute approximate surface area is 294 Å². The lowest BCUT2D eigenvalue weighted by Gasteiger charge is -2.48. The van der Waals surface area contributed by atoms with E-state index >= 15 is 0 Å². The van der Waals surface area contributed by atoms with Crippen molar-refractivity contribution in [3.05, 3.63) is 175 Å². The molecule has 0 amide bonds. The minimum atomic E-state index is -0.0418. The smallest absolute Gasteiger partial charge is 0.159 e. The second kappa shape index (κ2) is 11.4. The molecule has 0 spiro atoms. The minimum Gasteiger partial charge on any atom is -0.454 e. The standard InChI is InChI=1S/C48H39NO/c1-47(2)42-28-24-34(32-14-7-5-8-15-32)30-40(42)41-31-35(25-29-43(41)48(47,3)4)33-22-26-37(27-23-33)49(36-16-9-6-10-17-36)44-20-13-19-39-38-18-11-12-21-45(38)50-46(39)44/h5-31H,1-4H3. The van der Waals surface area contributed by atoms with E-state index in [0.29, 0.717) is 0 Å². The van der Waals surface area contributed by atoms with Crippen LogP contribution in [0.3, 0.4) is 0 Å². The molecule has 50 heavy (non-hydrogen) atoms. The van der Waals surface area contributed by atoms with E-state index in [-0.39, 0.29) is 10.8 Å². The van der Waals surface area contributed by atoms with Gasteiger partial charge in [0.1, 0.15) is 5.58 Å². The third kappa shape index (κ3) is 4.63. The van der Waals surface area contributed by atoms with Crippen LogP contribution in [0, 0.1) is 0 Å². The fourth-order valence-electron chi connectivity index (χ4n) is 8.00. The van der Waals surface area contributed by atoms with Gasteiger partial charge in [0.25, 0.3) is 0 Å². The third-order valence-corrected chi connectivity index (χ3v) is 11.4. The maximum atomic E-state index is 6.51. The van der Waals surface area contributed by atoms with Gasteiger partial charge in [-0.3, -0.25) is 0 Å². The molecule has 1 aliphatic rings. The minimum absolute atomic E-state index is 0.0304. The van der Waals surface area contributed by atoms with E-state index in [4.69, 9.17) is 4.42 Å². The summed E-state index contributed by atoms with van der Waals surface area (Å²) in [5.41, 5.74) is 15.2. The van der Waals surface area contributed by atoms with Gasteiger partial charge in [0.15, 0.2) is 5.58 Å². The Morgan fingerprint density at radius 2 is 0.920 bits per heavy atom. The molecule has 0 saturated heterocycles. The summed E-state index contributed by atoms with van der Waals surface area (Å²) in [5, 5.41) is 2.25. The van der Waals surface area contributed by atoms with Crippen molar-refractivity contribution in [1.82, 2.24) is 0 Å². The lowest BCUT2D eigenvalue weighted by Crippen LogP contribution is -2.43. The van der Waals surface area contributed by atoms with E-state index in [9.17, 15) is 0 Å². The van der Waals surface area contributed by atoms with Crippen molar-refractivity contribution in [3.63, 3.8) is 0 Å². The Balaban J connectivity index is 1.16. The third-order valence-electron chi connectivity index (χ3n) is 11.4. The Kier molecular flexibility index (Phi) is 6.86. The van der Waals surface area contributed by atoms with Gasteiger partial charge in [-0.15, -0.1) is 0 Å². The van der Waals surface area contributed by atoms with Crippen LogP contribution in [0.25, 0.3) is 55.3 Å². The summed E-state index contributed by atoms with van der Waals surface area (Å²) in [6.45, 7) is 9.59. The van der Waals surface area contributed by atoms with E-state index in [1.165, 1.54) is 44.5 Å². The average Bonchev–Trinajstić information content (AvgIpc) is 3.55. The van der Waals surface area contributed by atoms with Crippen molar-refractivity contribution < 1.29 is 4.42 Å². The van der Waals surface area contributed by atoms with Crippen LogP contribution >= 0.6 is 0 Å². The van der Waals surface area contributed by atoms with Gasteiger partial charge in [-0.25, -0.2) is 0 Å². The molecule has 2 heteroatoms. The molecule has 8 aromatic rings. The number of furan rings is 1. The van der Waals surface area contributed by atoms with Gasteiger partial charge in [0.2, 0.25) is 0 Å². The molecule has 1 aliphatic carbocycles. The average molecular weight is 646 g/mol. The zero-order valence-electron chi connectivity index (χ0n) is 28.9. The summed E-state index contributed by atoms with van der Waals surface area (Å²) >= 11 is 0. The van der Waals surface area contributed by atoms with Crippen molar-refractivity contribution in [2.24, 2.45) is 0 Å². The first kappa shape index (κ1) is 30.2. The molecule has 0 radical (unpaired) electrons. The maximum absolute atomic E-state index is 6.51. The molecule has 0 unspecified atom stereocenters. The van der Waals surface area contributed by atoms with Crippen molar-refractivity contribution in [3.8, 4) is 33.4 Å². The summed E-state index contributed by atoms with van der Waals surface area (Å²) in [4.78, 5) is 2.30. The molecule has 0 atom stereocenters. The first-order valence-electron chi connectivity index (χ1n) is 17.5. The predicted molar refractivity (Wildman–Crippen MR) is 211 cm³/mol. The topological polar surface area (TPSA) is 16.4 Å². The van der Waals surface area contributed by atoms with Crippen molar-refractivity contribution in [2.75, 3.05) is 4.90 Å². The van der Waals surface area contributed by atoms with E-state index in [1.54, 1.807) is 0 Å². The second-order valence-electron chi connectivity index (χ2n) is 14.6. The highest BCUT2D eigenvalue weighted by Crippen LogP contribution is 2.55. The van der Waals surface area contributed by atoms with Crippen LogP contribution in [0.4, 0.5) is 17.1 Å². The van der Waals surface area contributed by atoms with E-state index in [1.807, 2.05) is 12.1 Å². The summed E-state index contributed by atoms with van der Waals surface area (Å²) in [6.07, 6.45) is 0. The van der Waals surface area contributed by atoms with Crippen molar-refractivity contribution in [1.29, 1.82) is 0 Å². The second-order valence-corrected chi connectivity index (χ2v) is 14.6. The lowest BCUT2D eigenvalue weighted by atomic mass is 9.55. The molecule has 0 saturated carbocycles. The number of fused-ring (bicyclic) bond motifs is 6. The lowest BCUT2D eigenvalue weighted by molar-refractivity contribution is 0.299. The SMILES string of the molecule is CC1(C)c2ccc(-c3ccccc3)cc2-c2cc(-c3ccc(N(c4ccccc4)c4cccc5c4oc4ccccc45)cc3)ccc2C1(C)C. The van der Waals surface area contributed by atoms with Gasteiger partial charge in [0.05, 0.1) is 5.69 Å². The molecule has 0 aliphatic heterocycles. The normalized spacial score (nSPS) is 14.3. The molecule has 7 aromatic carbocycles. The van der Waals surface area contributed by atoms with E-state index < -0.39 is 0 Å². The number of rotatable bonds is 5. The quantitative estimate of drug-likeness (QED) is 0.185. The molecule has 242 valence electrons. The molecule has 2 nitrogen and oxygen atoms in total. The van der Waals surface area contributed by atoms with Gasteiger partial charge in [-0.2, -0.15) is 0 Å². The molecule has 0 fully saturated rings. The van der Waals surface area contributed by atoms with Crippen LogP contribution in [0.15, 0.2) is 168 Å². The van der Waals surface area contributed by atoms with Gasteiger partial charge < -0.3 is 9.32 Å². The largest absolute Gasteiger partial charge is 0.454 e. The van der Waals surface area contributed by atoms with E-state index in [0.717, 1.165) is 39.0 Å². The number of hydrogen-bond acceptors (Lipinski definition) is 2. The molecule has 1 aromatic heterocycles. The summed E-state index contributed by atoms with van der Waals surface area (Å²) in [6, 6.07) is 59.1. The number of anilines is 3. The highest BCUT2D eigenvalue weighted by Gasteiger charge is 2.45. The van der Waals surface area contributed by atoms with Gasteiger partial charge >= 0.3 is 0 Å². The van der Waals surface area contributed by atoms with Crippen LogP contribution < -0.4 is 4.90 Å². The molecular formula is C48H39NO.